The van der Waals surface area contributed by atoms with Gasteiger partial charge in [0, 0.05) is 16.5 Å². The van der Waals surface area contributed by atoms with Crippen LogP contribution in [0.3, 0.4) is 0 Å². The third-order valence-corrected chi connectivity index (χ3v) is 5.35. The Kier molecular flexibility index (Phi) is 5.86. The van der Waals surface area contributed by atoms with Crippen molar-refractivity contribution in [1.29, 1.82) is 0 Å². The van der Waals surface area contributed by atoms with Crippen molar-refractivity contribution < 1.29 is 13.9 Å². The van der Waals surface area contributed by atoms with Crippen LogP contribution in [0.1, 0.15) is 5.56 Å². The Balaban J connectivity index is 1.50. The molecule has 0 spiro atoms. The van der Waals surface area contributed by atoms with Gasteiger partial charge >= 0.3 is 0 Å². The lowest BCUT2D eigenvalue weighted by atomic mass is 10.1. The quantitative estimate of drug-likeness (QED) is 0.421. The summed E-state index contributed by atoms with van der Waals surface area (Å²) in [7, 11) is 0. The number of aryl methyl sites for hydroxylation is 1. The third-order valence-electron chi connectivity index (χ3n) is 4.48. The fraction of sp³-hybridized carbons (Fsp3) is 0.0833. The molecule has 0 aliphatic carbocycles. The Morgan fingerprint density at radius 3 is 2.47 bits per heavy atom. The number of amides is 1. The molecule has 1 heterocycles. The number of anilines is 1. The Morgan fingerprint density at radius 1 is 1.00 bits per heavy atom. The van der Waals surface area contributed by atoms with E-state index in [1.807, 2.05) is 54.8 Å². The minimum absolute atomic E-state index is 0.102. The highest BCUT2D eigenvalue weighted by atomic mass is 32.1. The third kappa shape index (κ3) is 4.55. The van der Waals surface area contributed by atoms with E-state index in [4.69, 9.17) is 4.74 Å². The average Bonchev–Trinajstić information content (AvgIpc) is 3.24. The molecule has 3 aromatic carbocycles. The highest BCUT2D eigenvalue weighted by molar-refractivity contribution is 7.13. The summed E-state index contributed by atoms with van der Waals surface area (Å²) in [6, 6.07) is 21.4. The van der Waals surface area contributed by atoms with Gasteiger partial charge in [0.05, 0.1) is 11.4 Å². The van der Waals surface area contributed by atoms with Gasteiger partial charge in [0.2, 0.25) is 0 Å². The molecule has 0 saturated heterocycles. The molecule has 0 radical (unpaired) electrons. The molecule has 1 amide bonds. The number of ether oxygens (including phenoxy) is 1. The molecule has 1 aromatic heterocycles. The van der Waals surface area contributed by atoms with Crippen LogP contribution in [-0.4, -0.2) is 17.5 Å². The lowest BCUT2D eigenvalue weighted by Gasteiger charge is -2.11. The largest absolute Gasteiger partial charge is 0.484 e. The maximum atomic E-state index is 14.1. The van der Waals surface area contributed by atoms with Gasteiger partial charge in [0.25, 0.3) is 5.91 Å². The molecule has 0 fully saturated rings. The summed E-state index contributed by atoms with van der Waals surface area (Å²) in [6.07, 6.45) is 0. The first kappa shape index (κ1) is 19.8. The van der Waals surface area contributed by atoms with E-state index >= 15 is 0 Å². The van der Waals surface area contributed by atoms with Crippen molar-refractivity contribution in [2.75, 3.05) is 11.9 Å². The van der Waals surface area contributed by atoms with Crippen LogP contribution in [0.2, 0.25) is 0 Å². The van der Waals surface area contributed by atoms with Crippen molar-refractivity contribution in [3.05, 3.63) is 89.6 Å². The molecule has 1 N–H and O–H groups in total. The number of carbonyl (C=O) groups excluding carboxylic acids is 1. The summed E-state index contributed by atoms with van der Waals surface area (Å²) in [4.78, 5) is 17.0. The Morgan fingerprint density at radius 2 is 1.70 bits per heavy atom. The number of nitrogens with zero attached hydrogens (tertiary/aromatic N) is 1. The van der Waals surface area contributed by atoms with Gasteiger partial charge in [-0.25, -0.2) is 9.37 Å². The Bertz CT molecular complexity index is 1170. The maximum Gasteiger partial charge on any atom is 0.262 e. The molecule has 0 aliphatic heterocycles. The number of rotatable bonds is 6. The molecule has 6 heteroatoms. The van der Waals surface area contributed by atoms with Gasteiger partial charge in [-0.1, -0.05) is 48.0 Å². The number of thiazole rings is 1. The van der Waals surface area contributed by atoms with E-state index in [0.29, 0.717) is 27.7 Å². The zero-order valence-electron chi connectivity index (χ0n) is 16.3. The Labute approximate surface area is 178 Å². The zero-order valence-corrected chi connectivity index (χ0v) is 17.1. The van der Waals surface area contributed by atoms with Crippen LogP contribution < -0.4 is 10.1 Å². The van der Waals surface area contributed by atoms with Crippen LogP contribution in [0.4, 0.5) is 10.1 Å². The predicted molar refractivity (Wildman–Crippen MR) is 118 cm³/mol. The molecule has 30 heavy (non-hydrogen) atoms. The van der Waals surface area contributed by atoms with Gasteiger partial charge in [-0.3, -0.25) is 4.79 Å². The second-order valence-corrected chi connectivity index (χ2v) is 7.57. The van der Waals surface area contributed by atoms with Gasteiger partial charge < -0.3 is 10.1 Å². The lowest BCUT2D eigenvalue weighted by molar-refractivity contribution is -0.118. The standard InChI is InChI=1S/C24H19FN2O2S/c1-16-10-12-17(13-11-16)29-14-23(28)26-21-9-5-3-7-19(21)22-15-30-24(27-22)18-6-2-4-8-20(18)25/h2-13,15H,14H2,1H3,(H,26,28). The van der Waals surface area contributed by atoms with Gasteiger partial charge in [-0.2, -0.15) is 0 Å². The number of hydrogen-bond acceptors (Lipinski definition) is 4. The SMILES string of the molecule is Cc1ccc(OCC(=O)Nc2ccccc2-c2csc(-c3ccccc3F)n2)cc1. The van der Waals surface area contributed by atoms with E-state index in [1.54, 1.807) is 24.3 Å². The summed E-state index contributed by atoms with van der Waals surface area (Å²) in [6.45, 7) is 1.89. The predicted octanol–water partition coefficient (Wildman–Crippen LogP) is 5.94. The number of aromatic nitrogens is 1. The van der Waals surface area contributed by atoms with Crippen molar-refractivity contribution in [2.45, 2.75) is 6.92 Å². The minimum Gasteiger partial charge on any atom is -0.484 e. The highest BCUT2D eigenvalue weighted by Crippen LogP contribution is 2.33. The normalized spacial score (nSPS) is 10.6. The van der Waals surface area contributed by atoms with Crippen LogP contribution in [0.5, 0.6) is 5.75 Å². The van der Waals surface area contributed by atoms with Crippen LogP contribution in [-0.2, 0) is 4.79 Å². The van der Waals surface area contributed by atoms with Gasteiger partial charge in [-0.05, 0) is 37.3 Å². The van der Waals surface area contributed by atoms with Crippen molar-refractivity contribution in [3.63, 3.8) is 0 Å². The number of hydrogen-bond donors (Lipinski definition) is 1. The van der Waals surface area contributed by atoms with Crippen molar-refractivity contribution in [1.82, 2.24) is 4.98 Å². The van der Waals surface area contributed by atoms with Crippen molar-refractivity contribution in [2.24, 2.45) is 0 Å². The molecule has 0 atom stereocenters. The second-order valence-electron chi connectivity index (χ2n) is 6.71. The lowest BCUT2D eigenvalue weighted by Crippen LogP contribution is -2.20. The van der Waals surface area contributed by atoms with E-state index in [0.717, 1.165) is 11.1 Å². The average molecular weight is 418 g/mol. The molecular formula is C24H19FN2O2S. The van der Waals surface area contributed by atoms with E-state index in [9.17, 15) is 9.18 Å². The van der Waals surface area contributed by atoms with Gasteiger partial charge in [0.15, 0.2) is 6.61 Å². The van der Waals surface area contributed by atoms with Crippen LogP contribution in [0.15, 0.2) is 78.2 Å². The molecule has 0 bridgehead atoms. The smallest absolute Gasteiger partial charge is 0.262 e. The highest BCUT2D eigenvalue weighted by Gasteiger charge is 2.14. The number of nitrogens with one attached hydrogen (secondary N) is 1. The molecule has 0 unspecified atom stereocenters. The molecule has 0 saturated carbocycles. The van der Waals surface area contributed by atoms with Crippen LogP contribution >= 0.6 is 11.3 Å². The number of carbonyl (C=O) groups is 1. The topological polar surface area (TPSA) is 51.2 Å². The van der Waals surface area contributed by atoms with Gasteiger partial charge in [0.1, 0.15) is 16.6 Å². The molecule has 0 aliphatic rings. The van der Waals surface area contributed by atoms with Crippen molar-refractivity contribution in [3.8, 4) is 27.6 Å². The van der Waals surface area contributed by atoms with Crippen LogP contribution in [0.25, 0.3) is 21.8 Å². The van der Waals surface area contributed by atoms with E-state index in [2.05, 4.69) is 10.3 Å². The first-order valence-corrected chi connectivity index (χ1v) is 10.3. The summed E-state index contributed by atoms with van der Waals surface area (Å²) in [5.41, 5.74) is 3.65. The second kappa shape index (κ2) is 8.88. The first-order chi connectivity index (χ1) is 14.6. The van der Waals surface area contributed by atoms with Crippen molar-refractivity contribution >= 4 is 22.9 Å². The van der Waals surface area contributed by atoms with Gasteiger partial charge in [-0.15, -0.1) is 11.3 Å². The summed E-state index contributed by atoms with van der Waals surface area (Å²) in [5, 5.41) is 5.32. The molecular weight excluding hydrogens is 399 g/mol. The summed E-state index contributed by atoms with van der Waals surface area (Å²) < 4.78 is 19.6. The Hall–Kier alpha value is -3.51. The number of benzene rings is 3. The number of para-hydroxylation sites is 1. The zero-order chi connectivity index (χ0) is 20.9. The fourth-order valence-electron chi connectivity index (χ4n) is 2.94. The fourth-order valence-corrected chi connectivity index (χ4v) is 3.79. The number of halogens is 1. The molecule has 4 nitrogen and oxygen atoms in total. The maximum absolute atomic E-state index is 14.1. The monoisotopic (exact) mass is 418 g/mol. The molecule has 150 valence electrons. The van der Waals surface area contributed by atoms with E-state index < -0.39 is 0 Å². The molecule has 4 aromatic rings. The summed E-state index contributed by atoms with van der Waals surface area (Å²) >= 11 is 1.36. The van der Waals surface area contributed by atoms with E-state index in [1.165, 1.54) is 17.4 Å². The first-order valence-electron chi connectivity index (χ1n) is 9.39. The van der Waals surface area contributed by atoms with Crippen LogP contribution in [0, 0.1) is 12.7 Å². The summed E-state index contributed by atoms with van der Waals surface area (Å²) in [5.74, 6) is 0.0545. The molecule has 4 rings (SSSR count). The van der Waals surface area contributed by atoms with E-state index in [-0.39, 0.29) is 18.3 Å². The minimum atomic E-state index is -0.312.